The molecule has 0 unspecified atom stereocenters. The molecule has 2 amide bonds. The summed E-state index contributed by atoms with van der Waals surface area (Å²) in [6.45, 7) is 3.85. The monoisotopic (exact) mass is 371 g/mol. The van der Waals surface area contributed by atoms with Gasteiger partial charge in [-0.1, -0.05) is 30.3 Å². The molecule has 0 N–H and O–H groups in total. The van der Waals surface area contributed by atoms with Crippen LogP contribution < -0.4 is 0 Å². The van der Waals surface area contributed by atoms with E-state index in [0.29, 0.717) is 31.9 Å². The van der Waals surface area contributed by atoms with Crippen LogP contribution in [0.25, 0.3) is 0 Å². The molecule has 0 saturated carbocycles. The summed E-state index contributed by atoms with van der Waals surface area (Å²) in [5.74, 6) is 0.539. The normalized spacial score (nSPS) is 17.6. The molecule has 0 radical (unpaired) electrons. The smallest absolute Gasteiger partial charge is 0.246 e. The Labute approximate surface area is 158 Å². The minimum Gasteiger partial charge on any atom is -0.383 e. The number of hydrogen-bond acceptors (Lipinski definition) is 5. The second kappa shape index (κ2) is 8.77. The van der Waals surface area contributed by atoms with Gasteiger partial charge < -0.3 is 19.1 Å². The van der Waals surface area contributed by atoms with Crippen molar-refractivity contribution in [1.29, 1.82) is 0 Å². The van der Waals surface area contributed by atoms with Crippen LogP contribution in [0.15, 0.2) is 36.7 Å². The molecule has 0 aliphatic carbocycles. The van der Waals surface area contributed by atoms with Gasteiger partial charge in [0, 0.05) is 26.6 Å². The number of carbonyl (C=O) groups excluding carboxylic acids is 2. The Morgan fingerprint density at radius 3 is 2.70 bits per heavy atom. The van der Waals surface area contributed by atoms with E-state index in [9.17, 15) is 9.59 Å². The van der Waals surface area contributed by atoms with Crippen molar-refractivity contribution in [3.8, 4) is 0 Å². The molecule has 1 aliphatic heterocycles. The van der Waals surface area contributed by atoms with Gasteiger partial charge in [0.05, 0.1) is 19.7 Å². The minimum absolute atomic E-state index is 0.0573. The lowest BCUT2D eigenvalue weighted by Crippen LogP contribution is -2.60. The van der Waals surface area contributed by atoms with Gasteiger partial charge in [0.1, 0.15) is 12.4 Å². The Kier molecular flexibility index (Phi) is 6.18. The van der Waals surface area contributed by atoms with E-state index in [1.54, 1.807) is 23.2 Å². The molecule has 0 bridgehead atoms. The van der Waals surface area contributed by atoms with Crippen LogP contribution in [0.1, 0.15) is 18.3 Å². The average Bonchev–Trinajstić information content (AvgIpc) is 3.14. The summed E-state index contributed by atoms with van der Waals surface area (Å²) in [4.78, 5) is 29.2. The molecule has 1 aliphatic rings. The van der Waals surface area contributed by atoms with Gasteiger partial charge in [-0.2, -0.15) is 0 Å². The van der Waals surface area contributed by atoms with Gasteiger partial charge in [-0.25, -0.2) is 0 Å². The number of amides is 2. The van der Waals surface area contributed by atoms with Crippen molar-refractivity contribution in [2.75, 3.05) is 26.8 Å². The summed E-state index contributed by atoms with van der Waals surface area (Å²) < 4.78 is 6.97. The third-order valence-corrected chi connectivity index (χ3v) is 4.80. The Balaban J connectivity index is 1.86. The molecule has 1 atom stereocenters. The van der Waals surface area contributed by atoms with E-state index in [1.165, 1.54) is 0 Å². The fourth-order valence-corrected chi connectivity index (χ4v) is 3.29. The minimum atomic E-state index is -0.562. The van der Waals surface area contributed by atoms with Crippen LogP contribution in [-0.4, -0.2) is 69.2 Å². The highest BCUT2D eigenvalue weighted by atomic mass is 16.5. The quantitative estimate of drug-likeness (QED) is 0.683. The number of ether oxygens (including phenoxy) is 1. The number of rotatable bonds is 8. The van der Waals surface area contributed by atoms with Crippen LogP contribution in [-0.2, 0) is 33.8 Å². The summed E-state index contributed by atoms with van der Waals surface area (Å²) in [5.41, 5.74) is 1.01. The number of nitrogens with zero attached hydrogens (tertiary/aromatic N) is 5. The second-order valence-electron chi connectivity index (χ2n) is 6.51. The van der Waals surface area contributed by atoms with Gasteiger partial charge >= 0.3 is 0 Å². The van der Waals surface area contributed by atoms with Crippen molar-refractivity contribution in [2.24, 2.45) is 0 Å². The Morgan fingerprint density at radius 2 is 2.00 bits per heavy atom. The van der Waals surface area contributed by atoms with Gasteiger partial charge in [0.2, 0.25) is 11.8 Å². The number of carbonyl (C=O) groups is 2. The van der Waals surface area contributed by atoms with Gasteiger partial charge in [0.15, 0.2) is 5.82 Å². The summed E-state index contributed by atoms with van der Waals surface area (Å²) in [6, 6.07) is 9.18. The summed E-state index contributed by atoms with van der Waals surface area (Å²) in [6.07, 6.45) is 2.11. The van der Waals surface area contributed by atoms with Crippen molar-refractivity contribution in [2.45, 2.75) is 32.5 Å². The van der Waals surface area contributed by atoms with Crippen molar-refractivity contribution in [3.05, 3.63) is 48.0 Å². The lowest BCUT2D eigenvalue weighted by molar-refractivity contribution is -0.157. The maximum atomic E-state index is 13.1. The van der Waals surface area contributed by atoms with E-state index >= 15 is 0 Å². The first kappa shape index (κ1) is 19.0. The van der Waals surface area contributed by atoms with E-state index in [4.69, 9.17) is 4.74 Å². The number of piperazine rings is 1. The molecule has 8 heteroatoms. The van der Waals surface area contributed by atoms with Gasteiger partial charge in [0.25, 0.3) is 0 Å². The first-order valence-electron chi connectivity index (χ1n) is 9.11. The number of aromatic nitrogens is 3. The number of methoxy groups -OCH3 is 1. The third kappa shape index (κ3) is 4.33. The zero-order valence-electron chi connectivity index (χ0n) is 15.7. The van der Waals surface area contributed by atoms with E-state index in [1.807, 2.05) is 41.8 Å². The largest absolute Gasteiger partial charge is 0.383 e. The predicted molar refractivity (Wildman–Crippen MR) is 98.6 cm³/mol. The van der Waals surface area contributed by atoms with E-state index in [2.05, 4.69) is 10.2 Å². The van der Waals surface area contributed by atoms with Crippen LogP contribution in [0.4, 0.5) is 0 Å². The molecule has 1 fully saturated rings. The second-order valence-corrected chi connectivity index (χ2v) is 6.51. The molecule has 1 aromatic heterocycles. The topological polar surface area (TPSA) is 80.6 Å². The van der Waals surface area contributed by atoms with Crippen molar-refractivity contribution in [1.82, 2.24) is 24.6 Å². The summed E-state index contributed by atoms with van der Waals surface area (Å²) in [5, 5.41) is 8.06. The van der Waals surface area contributed by atoms with E-state index in [-0.39, 0.29) is 24.9 Å². The van der Waals surface area contributed by atoms with Crippen molar-refractivity contribution >= 4 is 11.8 Å². The van der Waals surface area contributed by atoms with Crippen LogP contribution in [0.2, 0.25) is 0 Å². The predicted octanol–water partition coefficient (Wildman–Crippen LogP) is 0.727. The number of benzene rings is 1. The molecular formula is C19H25N5O3. The lowest BCUT2D eigenvalue weighted by Gasteiger charge is -2.40. The Morgan fingerprint density at radius 1 is 1.22 bits per heavy atom. The molecule has 144 valence electrons. The highest BCUT2D eigenvalue weighted by molar-refractivity contribution is 5.95. The van der Waals surface area contributed by atoms with Gasteiger partial charge in [-0.05, 0) is 12.5 Å². The zero-order valence-corrected chi connectivity index (χ0v) is 15.7. The lowest BCUT2D eigenvalue weighted by atomic mass is 10.0. The molecule has 8 nitrogen and oxygen atoms in total. The molecule has 1 saturated heterocycles. The van der Waals surface area contributed by atoms with E-state index in [0.717, 1.165) is 5.56 Å². The van der Waals surface area contributed by atoms with Crippen molar-refractivity contribution < 1.29 is 14.3 Å². The van der Waals surface area contributed by atoms with Gasteiger partial charge in [-0.15, -0.1) is 10.2 Å². The molecule has 2 aromatic rings. The van der Waals surface area contributed by atoms with Crippen LogP contribution in [0, 0.1) is 0 Å². The fraction of sp³-hybridized carbons (Fsp3) is 0.474. The van der Waals surface area contributed by atoms with Crippen LogP contribution >= 0.6 is 0 Å². The first-order valence-corrected chi connectivity index (χ1v) is 9.11. The van der Waals surface area contributed by atoms with Gasteiger partial charge in [-0.3, -0.25) is 9.59 Å². The Hall–Kier alpha value is -2.74. The SMILES string of the molecule is CCn1cnnc1CN1C(=O)CN(CCOC)C(=O)[C@H]1Cc1ccccc1. The first-order chi connectivity index (χ1) is 13.1. The molecule has 2 heterocycles. The molecule has 27 heavy (non-hydrogen) atoms. The average molecular weight is 371 g/mol. The standard InChI is InChI=1S/C19H25N5O3/c1-3-22-14-20-21-17(22)12-24-16(11-15-7-5-4-6-8-15)19(26)23(9-10-27-2)13-18(24)25/h4-8,14,16H,3,9-13H2,1-2H3/t16-/m1/s1. The van der Waals surface area contributed by atoms with E-state index < -0.39 is 6.04 Å². The molecule has 1 aromatic carbocycles. The Bertz CT molecular complexity index is 777. The summed E-state index contributed by atoms with van der Waals surface area (Å²) >= 11 is 0. The van der Waals surface area contributed by atoms with Crippen molar-refractivity contribution in [3.63, 3.8) is 0 Å². The molecule has 3 rings (SSSR count). The summed E-state index contributed by atoms with van der Waals surface area (Å²) in [7, 11) is 1.58. The number of aryl methyl sites for hydroxylation is 1. The molecular weight excluding hydrogens is 346 g/mol. The third-order valence-electron chi connectivity index (χ3n) is 4.80. The zero-order chi connectivity index (χ0) is 19.2. The molecule has 0 spiro atoms. The maximum Gasteiger partial charge on any atom is 0.246 e. The fourth-order valence-electron chi connectivity index (χ4n) is 3.29. The van der Waals surface area contributed by atoms with Crippen LogP contribution in [0.5, 0.6) is 0 Å². The highest BCUT2D eigenvalue weighted by Gasteiger charge is 2.39. The number of hydrogen-bond donors (Lipinski definition) is 0. The van der Waals surface area contributed by atoms with Crippen LogP contribution in [0.3, 0.4) is 0 Å². The highest BCUT2D eigenvalue weighted by Crippen LogP contribution is 2.19. The maximum absolute atomic E-state index is 13.1.